The summed E-state index contributed by atoms with van der Waals surface area (Å²) >= 11 is 0. The van der Waals surface area contributed by atoms with E-state index in [0.717, 1.165) is 5.56 Å². The van der Waals surface area contributed by atoms with Crippen LogP contribution in [0.3, 0.4) is 0 Å². The van der Waals surface area contributed by atoms with Gasteiger partial charge in [-0.15, -0.1) is 0 Å². The number of aryl methyl sites for hydroxylation is 1. The predicted octanol–water partition coefficient (Wildman–Crippen LogP) is 2.01. The molecule has 21 heavy (non-hydrogen) atoms. The summed E-state index contributed by atoms with van der Waals surface area (Å²) in [7, 11) is -0.590. The predicted molar refractivity (Wildman–Crippen MR) is 79.1 cm³/mol. The Bertz CT molecular complexity index is 599. The van der Waals surface area contributed by atoms with Crippen LogP contribution in [0.5, 0.6) is 0 Å². The van der Waals surface area contributed by atoms with Gasteiger partial charge in [0.05, 0.1) is 16.9 Å². The van der Waals surface area contributed by atoms with E-state index in [1.807, 2.05) is 33.8 Å². The molecular formula is C15H19BFNO3. The monoisotopic (exact) mass is 291 g/mol. The average Bonchev–Trinajstić information content (AvgIpc) is 2.59. The van der Waals surface area contributed by atoms with E-state index in [0.29, 0.717) is 18.3 Å². The van der Waals surface area contributed by atoms with Crippen LogP contribution >= 0.6 is 0 Å². The first-order valence-electron chi connectivity index (χ1n) is 7.17. The van der Waals surface area contributed by atoms with E-state index < -0.39 is 24.1 Å². The van der Waals surface area contributed by atoms with Crippen molar-refractivity contribution in [2.24, 2.45) is 0 Å². The number of hydrogen-bond donors (Lipinski definition) is 1. The Kier molecular flexibility index (Phi) is 3.15. The van der Waals surface area contributed by atoms with Crippen LogP contribution in [0.25, 0.3) is 0 Å². The van der Waals surface area contributed by atoms with Crippen LogP contribution in [0.2, 0.25) is 0 Å². The van der Waals surface area contributed by atoms with Crippen LogP contribution in [0.1, 0.15) is 39.7 Å². The average molecular weight is 291 g/mol. The first-order chi connectivity index (χ1) is 9.69. The number of nitrogens with one attached hydrogen (secondary N) is 1. The molecule has 1 aromatic carbocycles. The molecular weight excluding hydrogens is 272 g/mol. The SMILES string of the molecule is CC1(C)OB(c2cc(F)c3c(c2)CCC(=O)N3)OC1(C)C. The Hall–Kier alpha value is -1.40. The number of carbonyl (C=O) groups excluding carboxylic acids is 1. The van der Waals surface area contributed by atoms with Crippen molar-refractivity contribution in [3.8, 4) is 0 Å². The lowest BCUT2D eigenvalue weighted by Gasteiger charge is -2.32. The van der Waals surface area contributed by atoms with Gasteiger partial charge in [0, 0.05) is 6.42 Å². The Labute approximate surface area is 124 Å². The molecule has 4 nitrogen and oxygen atoms in total. The largest absolute Gasteiger partial charge is 0.494 e. The van der Waals surface area contributed by atoms with Gasteiger partial charge in [-0.25, -0.2) is 4.39 Å². The third-order valence-corrected chi connectivity index (χ3v) is 4.61. The second-order valence-electron chi connectivity index (χ2n) is 6.67. The van der Waals surface area contributed by atoms with E-state index in [9.17, 15) is 9.18 Å². The van der Waals surface area contributed by atoms with Crippen molar-refractivity contribution in [2.45, 2.75) is 51.7 Å². The first-order valence-corrected chi connectivity index (χ1v) is 7.17. The number of fused-ring (bicyclic) bond motifs is 1. The van der Waals surface area contributed by atoms with Crippen LogP contribution in [-0.2, 0) is 20.5 Å². The molecule has 1 aromatic rings. The van der Waals surface area contributed by atoms with Crippen molar-refractivity contribution in [1.82, 2.24) is 0 Å². The number of halogens is 1. The Balaban J connectivity index is 1.95. The third-order valence-electron chi connectivity index (χ3n) is 4.61. The van der Waals surface area contributed by atoms with Gasteiger partial charge in [0.1, 0.15) is 5.82 Å². The number of rotatable bonds is 1. The van der Waals surface area contributed by atoms with Gasteiger partial charge in [-0.05, 0) is 51.2 Å². The van der Waals surface area contributed by atoms with E-state index >= 15 is 0 Å². The van der Waals surface area contributed by atoms with Gasteiger partial charge >= 0.3 is 7.12 Å². The molecule has 0 atom stereocenters. The molecule has 0 saturated carbocycles. The highest BCUT2D eigenvalue weighted by Crippen LogP contribution is 2.37. The van der Waals surface area contributed by atoms with E-state index in [4.69, 9.17) is 9.31 Å². The van der Waals surface area contributed by atoms with Crippen LogP contribution < -0.4 is 10.8 Å². The Morgan fingerprint density at radius 1 is 1.14 bits per heavy atom. The number of benzene rings is 1. The molecule has 6 heteroatoms. The third kappa shape index (κ3) is 2.36. The van der Waals surface area contributed by atoms with E-state index in [1.165, 1.54) is 6.07 Å². The summed E-state index contributed by atoms with van der Waals surface area (Å²) in [6.45, 7) is 7.84. The maximum Gasteiger partial charge on any atom is 0.494 e. The van der Waals surface area contributed by atoms with Crippen molar-refractivity contribution in [1.29, 1.82) is 0 Å². The highest BCUT2D eigenvalue weighted by Gasteiger charge is 2.52. The molecule has 2 aliphatic rings. The molecule has 1 fully saturated rings. The zero-order chi connectivity index (χ0) is 15.4. The van der Waals surface area contributed by atoms with Crippen molar-refractivity contribution < 1.29 is 18.5 Å². The van der Waals surface area contributed by atoms with E-state index in [2.05, 4.69) is 5.32 Å². The highest BCUT2D eigenvalue weighted by atomic mass is 19.1. The van der Waals surface area contributed by atoms with Crippen molar-refractivity contribution in [2.75, 3.05) is 5.32 Å². The summed E-state index contributed by atoms with van der Waals surface area (Å²) in [5, 5.41) is 2.58. The van der Waals surface area contributed by atoms with Crippen molar-refractivity contribution >= 4 is 24.2 Å². The van der Waals surface area contributed by atoms with Crippen LogP contribution in [0.15, 0.2) is 12.1 Å². The second-order valence-corrected chi connectivity index (χ2v) is 6.67. The molecule has 2 heterocycles. The van der Waals surface area contributed by atoms with Crippen molar-refractivity contribution in [3.63, 3.8) is 0 Å². The van der Waals surface area contributed by atoms with Crippen molar-refractivity contribution in [3.05, 3.63) is 23.5 Å². The van der Waals surface area contributed by atoms with Crippen LogP contribution in [0, 0.1) is 5.82 Å². The second kappa shape index (κ2) is 4.55. The maximum absolute atomic E-state index is 14.2. The fraction of sp³-hybridized carbons (Fsp3) is 0.533. The smallest absolute Gasteiger partial charge is 0.399 e. The Morgan fingerprint density at radius 3 is 2.38 bits per heavy atom. The zero-order valence-corrected chi connectivity index (χ0v) is 12.7. The molecule has 0 bridgehead atoms. The number of amides is 1. The normalized spacial score (nSPS) is 22.9. The van der Waals surface area contributed by atoms with E-state index in [1.54, 1.807) is 0 Å². The standard InChI is InChI=1S/C15H19BFNO3/c1-14(2)15(3,4)21-16(20-14)10-7-9-5-6-12(19)18-13(9)11(17)8-10/h7-8H,5-6H2,1-4H3,(H,18,19). The topological polar surface area (TPSA) is 47.6 Å². The van der Waals surface area contributed by atoms with Gasteiger partial charge < -0.3 is 14.6 Å². The molecule has 0 radical (unpaired) electrons. The van der Waals surface area contributed by atoms with Gasteiger partial charge in [-0.3, -0.25) is 4.79 Å². The summed E-state index contributed by atoms with van der Waals surface area (Å²) in [5.41, 5.74) is 0.808. The van der Waals surface area contributed by atoms with Crippen LogP contribution in [-0.4, -0.2) is 24.2 Å². The highest BCUT2D eigenvalue weighted by molar-refractivity contribution is 6.62. The molecule has 1 saturated heterocycles. The van der Waals surface area contributed by atoms with Gasteiger partial charge in [0.25, 0.3) is 0 Å². The molecule has 3 rings (SSSR count). The molecule has 2 aliphatic heterocycles. The Morgan fingerprint density at radius 2 is 1.76 bits per heavy atom. The number of anilines is 1. The molecule has 1 amide bonds. The molecule has 0 aromatic heterocycles. The zero-order valence-electron chi connectivity index (χ0n) is 12.7. The maximum atomic E-state index is 14.2. The summed E-state index contributed by atoms with van der Waals surface area (Å²) in [6, 6.07) is 3.24. The lowest BCUT2D eigenvalue weighted by molar-refractivity contribution is -0.116. The minimum atomic E-state index is -0.590. The first kappa shape index (κ1) is 14.5. The fourth-order valence-corrected chi connectivity index (χ4v) is 2.59. The number of carbonyl (C=O) groups is 1. The molecule has 0 spiro atoms. The fourth-order valence-electron chi connectivity index (χ4n) is 2.59. The summed E-state index contributed by atoms with van der Waals surface area (Å²) in [4.78, 5) is 11.4. The molecule has 112 valence electrons. The minimum absolute atomic E-state index is 0.148. The molecule has 0 aliphatic carbocycles. The van der Waals surface area contributed by atoms with Gasteiger partial charge in [0.15, 0.2) is 0 Å². The van der Waals surface area contributed by atoms with Gasteiger partial charge in [-0.1, -0.05) is 6.07 Å². The van der Waals surface area contributed by atoms with E-state index in [-0.39, 0.29) is 11.6 Å². The quantitative estimate of drug-likeness (QED) is 0.805. The van der Waals surface area contributed by atoms with Gasteiger partial charge in [-0.2, -0.15) is 0 Å². The summed E-state index contributed by atoms with van der Waals surface area (Å²) in [6.07, 6.45) is 0.907. The minimum Gasteiger partial charge on any atom is -0.399 e. The number of hydrogen-bond acceptors (Lipinski definition) is 3. The van der Waals surface area contributed by atoms with Gasteiger partial charge in [0.2, 0.25) is 5.91 Å². The lowest BCUT2D eigenvalue weighted by Crippen LogP contribution is -2.41. The lowest BCUT2D eigenvalue weighted by atomic mass is 9.77. The molecule has 1 N–H and O–H groups in total. The molecule has 0 unspecified atom stereocenters. The summed E-state index contributed by atoms with van der Waals surface area (Å²) in [5.74, 6) is -0.588. The van der Waals surface area contributed by atoms with Crippen LogP contribution in [0.4, 0.5) is 10.1 Å². The summed E-state index contributed by atoms with van der Waals surface area (Å²) < 4.78 is 26.1.